The minimum Gasteiger partial charge on any atom is -0.410 e. The van der Waals surface area contributed by atoms with Crippen molar-refractivity contribution < 1.29 is 19.4 Å². The summed E-state index contributed by atoms with van der Waals surface area (Å²) < 4.78 is 13.7. The van der Waals surface area contributed by atoms with Crippen molar-refractivity contribution >= 4 is 8.32 Å². The Labute approximate surface area is 153 Å². The Morgan fingerprint density at radius 1 is 1.31 bits per heavy atom. The third-order valence-corrected chi connectivity index (χ3v) is 10.1. The van der Waals surface area contributed by atoms with Crippen LogP contribution in [0.4, 0.5) is 0 Å². The van der Waals surface area contributed by atoms with Crippen molar-refractivity contribution in [3.63, 3.8) is 0 Å². The van der Waals surface area contributed by atoms with Gasteiger partial charge in [0.25, 0.3) is 5.56 Å². The lowest BCUT2D eigenvalue weighted by Gasteiger charge is -2.43. The van der Waals surface area contributed by atoms with Gasteiger partial charge in [-0.15, -0.1) is 0 Å². The fraction of sp³-hybridized carbons (Fsp3) is 0.765. The fourth-order valence-electron chi connectivity index (χ4n) is 2.99. The first-order valence-corrected chi connectivity index (χ1v) is 11.7. The van der Waals surface area contributed by atoms with Gasteiger partial charge in [0.15, 0.2) is 8.32 Å². The van der Waals surface area contributed by atoms with Crippen molar-refractivity contribution in [3.05, 3.63) is 33.1 Å². The highest BCUT2D eigenvalue weighted by Crippen LogP contribution is 2.46. The average Bonchev–Trinajstić information content (AvgIpc) is 2.80. The number of rotatable bonds is 5. The highest BCUT2D eigenvalue weighted by atomic mass is 28.4. The van der Waals surface area contributed by atoms with Gasteiger partial charge in [0, 0.05) is 18.2 Å². The summed E-state index contributed by atoms with van der Waals surface area (Å²) in [6.45, 7) is 11.4. The summed E-state index contributed by atoms with van der Waals surface area (Å²) in [4.78, 5) is 25.7. The Morgan fingerprint density at radius 3 is 2.35 bits per heavy atom. The number of nitrogens with one attached hydrogen (secondary N) is 1. The van der Waals surface area contributed by atoms with Crippen molar-refractivity contribution in [2.24, 2.45) is 5.92 Å². The molecule has 0 aromatic carbocycles. The average molecular weight is 387 g/mol. The molecule has 1 aliphatic heterocycles. The van der Waals surface area contributed by atoms with E-state index in [2.05, 4.69) is 38.8 Å². The molecule has 3 atom stereocenters. The van der Waals surface area contributed by atoms with Crippen LogP contribution in [-0.4, -0.2) is 53.0 Å². The minimum absolute atomic E-state index is 0.0731. The van der Waals surface area contributed by atoms with Crippen molar-refractivity contribution in [3.8, 4) is 0 Å². The highest BCUT2D eigenvalue weighted by molar-refractivity contribution is 6.74. The topological polar surface area (TPSA) is 114 Å². The molecule has 9 heteroatoms. The van der Waals surface area contributed by atoms with Gasteiger partial charge in [-0.2, -0.15) is 0 Å². The Bertz CT molecular complexity index is 747. The number of hydrogen-bond donors (Lipinski definition) is 3. The molecule has 2 heterocycles. The molecule has 3 N–H and O–H groups in total. The first-order chi connectivity index (χ1) is 11.9. The van der Waals surface area contributed by atoms with Crippen LogP contribution >= 0.6 is 0 Å². The van der Waals surface area contributed by atoms with E-state index in [1.54, 1.807) is 0 Å². The van der Waals surface area contributed by atoms with Gasteiger partial charge >= 0.3 is 5.69 Å². The Balaban J connectivity index is 2.46. The smallest absolute Gasteiger partial charge is 0.330 e. The summed E-state index contributed by atoms with van der Waals surface area (Å²) in [5.74, 6) is -0.327. The molecule has 0 saturated carbocycles. The molecule has 1 unspecified atom stereocenters. The van der Waals surface area contributed by atoms with Crippen LogP contribution in [0.5, 0.6) is 0 Å². The number of H-pyrrole nitrogens is 1. The quantitative estimate of drug-likeness (QED) is 0.646. The lowest BCUT2D eigenvalue weighted by molar-refractivity contribution is -0.148. The van der Waals surface area contributed by atoms with Crippen LogP contribution in [0, 0.1) is 5.92 Å². The van der Waals surface area contributed by atoms with Crippen LogP contribution in [0.15, 0.2) is 21.9 Å². The number of aromatic nitrogens is 2. The van der Waals surface area contributed by atoms with Crippen LogP contribution in [0.3, 0.4) is 0 Å². The van der Waals surface area contributed by atoms with Crippen molar-refractivity contribution in [1.82, 2.24) is 9.55 Å². The first-order valence-electron chi connectivity index (χ1n) is 8.77. The van der Waals surface area contributed by atoms with E-state index >= 15 is 0 Å². The highest BCUT2D eigenvalue weighted by Gasteiger charge is 2.57. The number of aliphatic hydroxyl groups is 2. The molecule has 1 aromatic rings. The monoisotopic (exact) mass is 386 g/mol. The zero-order chi connectivity index (χ0) is 19.9. The van der Waals surface area contributed by atoms with Gasteiger partial charge in [0.05, 0.1) is 19.3 Å². The lowest BCUT2D eigenvalue weighted by Crippen LogP contribution is -2.55. The molecular formula is C17H30N2O6Si. The van der Waals surface area contributed by atoms with Gasteiger partial charge in [0.2, 0.25) is 0 Å². The van der Waals surface area contributed by atoms with Crippen LogP contribution in [0.2, 0.25) is 18.1 Å². The van der Waals surface area contributed by atoms with E-state index in [1.165, 1.54) is 16.8 Å². The molecule has 1 aliphatic rings. The molecule has 26 heavy (non-hydrogen) atoms. The summed E-state index contributed by atoms with van der Waals surface area (Å²) >= 11 is 0. The number of nitrogens with zero attached hydrogens (tertiary/aromatic N) is 1. The first kappa shape index (κ1) is 21.0. The van der Waals surface area contributed by atoms with Crippen LogP contribution in [0.1, 0.15) is 33.9 Å². The zero-order valence-corrected chi connectivity index (χ0v) is 17.3. The molecule has 1 fully saturated rings. The van der Waals surface area contributed by atoms with E-state index < -0.39 is 50.7 Å². The lowest BCUT2D eigenvalue weighted by atomic mass is 9.92. The molecule has 0 amide bonds. The van der Waals surface area contributed by atoms with E-state index in [4.69, 9.17) is 9.16 Å². The van der Waals surface area contributed by atoms with Gasteiger partial charge in [0.1, 0.15) is 11.8 Å². The van der Waals surface area contributed by atoms with Gasteiger partial charge in [-0.25, -0.2) is 4.79 Å². The molecule has 0 spiro atoms. The third kappa shape index (κ3) is 3.59. The molecule has 0 radical (unpaired) electrons. The number of ether oxygens (including phenoxy) is 1. The maximum absolute atomic E-state index is 12.2. The molecule has 148 valence electrons. The normalized spacial score (nSPS) is 26.2. The van der Waals surface area contributed by atoms with E-state index in [0.29, 0.717) is 0 Å². The SMILES string of the molecule is C[C@H]1C(O[Si](C)(C)C(C)(C)C)C(CO)(CO)O[C@H]1n1ccc(=O)[nH]c1=O. The second-order valence-corrected chi connectivity index (χ2v) is 13.3. The Morgan fingerprint density at radius 2 is 1.88 bits per heavy atom. The molecule has 1 aromatic heterocycles. The number of aliphatic hydroxyl groups excluding tert-OH is 2. The second-order valence-electron chi connectivity index (χ2n) is 8.56. The van der Waals surface area contributed by atoms with Crippen LogP contribution < -0.4 is 11.2 Å². The second kappa shape index (κ2) is 7.04. The van der Waals surface area contributed by atoms with Crippen LogP contribution in [0.25, 0.3) is 0 Å². The summed E-state index contributed by atoms with van der Waals surface area (Å²) in [5.41, 5.74) is -2.43. The predicted octanol–water partition coefficient (Wildman–Crippen LogP) is 0.815. The minimum atomic E-state index is -2.23. The van der Waals surface area contributed by atoms with E-state index in [-0.39, 0.29) is 11.0 Å². The number of aromatic amines is 1. The third-order valence-electron chi connectivity index (χ3n) is 5.69. The summed E-state index contributed by atoms with van der Waals surface area (Å²) in [5, 5.41) is 19.9. The van der Waals surface area contributed by atoms with E-state index in [1.807, 2.05) is 6.92 Å². The van der Waals surface area contributed by atoms with Gasteiger partial charge in [-0.05, 0) is 18.1 Å². The van der Waals surface area contributed by atoms with Crippen molar-refractivity contribution in [2.45, 2.75) is 63.8 Å². The molecule has 0 aliphatic carbocycles. The van der Waals surface area contributed by atoms with E-state index in [9.17, 15) is 19.8 Å². The maximum Gasteiger partial charge on any atom is 0.330 e. The molecular weight excluding hydrogens is 356 g/mol. The largest absolute Gasteiger partial charge is 0.410 e. The molecule has 2 rings (SSSR count). The molecule has 8 nitrogen and oxygen atoms in total. The fourth-order valence-corrected chi connectivity index (χ4v) is 4.41. The van der Waals surface area contributed by atoms with Gasteiger partial charge in [-0.1, -0.05) is 27.7 Å². The van der Waals surface area contributed by atoms with E-state index in [0.717, 1.165) is 0 Å². The molecule has 1 saturated heterocycles. The summed E-state index contributed by atoms with van der Waals surface area (Å²) in [7, 11) is -2.23. The summed E-state index contributed by atoms with van der Waals surface area (Å²) in [6.07, 6.45) is -0.00746. The van der Waals surface area contributed by atoms with Crippen molar-refractivity contribution in [2.75, 3.05) is 13.2 Å². The van der Waals surface area contributed by atoms with Crippen molar-refractivity contribution in [1.29, 1.82) is 0 Å². The Hall–Kier alpha value is -1.26. The predicted molar refractivity (Wildman–Crippen MR) is 99.6 cm³/mol. The molecule has 0 bridgehead atoms. The van der Waals surface area contributed by atoms with Gasteiger partial charge in [-0.3, -0.25) is 14.3 Å². The maximum atomic E-state index is 12.2. The summed E-state index contributed by atoms with van der Waals surface area (Å²) in [6, 6.07) is 1.24. The van der Waals surface area contributed by atoms with Crippen LogP contribution in [-0.2, 0) is 9.16 Å². The number of hydrogen-bond acceptors (Lipinski definition) is 6. The zero-order valence-electron chi connectivity index (χ0n) is 16.3. The Kier molecular flexibility index (Phi) is 5.70. The standard InChI is InChI=1S/C17H30N2O6Si/c1-11-13(25-26(5,6)16(2,3)4)17(9-20,10-21)24-14(11)19-8-7-12(22)18-15(19)23/h7-8,11,13-14,20-21H,9-10H2,1-6H3,(H,18,22,23)/t11-,13?,14+/m0/s1. The van der Waals surface area contributed by atoms with Gasteiger partial charge < -0.3 is 19.4 Å².